The Kier molecular flexibility index (Phi) is 8.21. The van der Waals surface area contributed by atoms with E-state index in [4.69, 9.17) is 10.5 Å². The van der Waals surface area contributed by atoms with E-state index in [9.17, 15) is 0 Å². The van der Waals surface area contributed by atoms with E-state index in [2.05, 4.69) is 39.2 Å². The number of anilines is 1. The molecule has 3 rings (SSSR count). The third kappa shape index (κ3) is 6.29. The van der Waals surface area contributed by atoms with Gasteiger partial charge in [-0.15, -0.1) is 24.0 Å². The zero-order valence-corrected chi connectivity index (χ0v) is 17.3. The molecule has 0 aromatic carbocycles. The zero-order valence-electron chi connectivity index (χ0n) is 15.0. The number of nitrogens with zero attached hydrogens (tertiary/aromatic N) is 3. The lowest BCUT2D eigenvalue weighted by atomic mass is 9.96. The summed E-state index contributed by atoms with van der Waals surface area (Å²) in [6.45, 7) is 5.21. The van der Waals surface area contributed by atoms with Gasteiger partial charge in [0.25, 0.3) is 0 Å². The van der Waals surface area contributed by atoms with Crippen LogP contribution in [0.1, 0.15) is 44.6 Å². The number of nitrogens with one attached hydrogen (secondary N) is 1. The largest absolute Gasteiger partial charge is 0.375 e. The van der Waals surface area contributed by atoms with Gasteiger partial charge in [-0.05, 0) is 31.4 Å². The molecule has 1 atom stereocenters. The number of halogens is 1. The lowest BCUT2D eigenvalue weighted by Crippen LogP contribution is -2.41. The normalized spacial score (nSPS) is 22.4. The fourth-order valence-electron chi connectivity index (χ4n) is 3.40. The van der Waals surface area contributed by atoms with E-state index in [1.165, 1.54) is 32.1 Å². The SMILES string of the molecule is CC1CN(c2ccc(CN=C(N)NC3CCCCC3)cn2)CCO1.I. The van der Waals surface area contributed by atoms with Crippen molar-refractivity contribution in [2.24, 2.45) is 10.7 Å². The Labute approximate surface area is 167 Å². The average Bonchev–Trinajstić information content (AvgIpc) is 2.61. The van der Waals surface area contributed by atoms with Crippen LogP contribution in [0.4, 0.5) is 5.82 Å². The number of nitrogens with two attached hydrogens (primary N) is 1. The third-order valence-corrected chi connectivity index (χ3v) is 4.76. The second kappa shape index (κ2) is 10.2. The van der Waals surface area contributed by atoms with Crippen molar-refractivity contribution in [3.63, 3.8) is 0 Å². The Morgan fingerprint density at radius 3 is 2.84 bits per heavy atom. The number of guanidine groups is 1. The van der Waals surface area contributed by atoms with Gasteiger partial charge in [0.05, 0.1) is 19.3 Å². The molecule has 2 aliphatic rings. The van der Waals surface area contributed by atoms with Crippen molar-refractivity contribution in [3.05, 3.63) is 23.9 Å². The van der Waals surface area contributed by atoms with Gasteiger partial charge >= 0.3 is 0 Å². The van der Waals surface area contributed by atoms with Gasteiger partial charge in [0.15, 0.2) is 5.96 Å². The number of hydrogen-bond donors (Lipinski definition) is 2. The molecule has 2 fully saturated rings. The van der Waals surface area contributed by atoms with Crippen LogP contribution in [0, 0.1) is 0 Å². The van der Waals surface area contributed by atoms with Gasteiger partial charge in [0.1, 0.15) is 5.82 Å². The Balaban J connectivity index is 0.00000225. The molecule has 1 aliphatic carbocycles. The summed E-state index contributed by atoms with van der Waals surface area (Å²) in [7, 11) is 0. The summed E-state index contributed by atoms with van der Waals surface area (Å²) in [6.07, 6.45) is 8.47. The molecule has 1 unspecified atom stereocenters. The summed E-state index contributed by atoms with van der Waals surface area (Å²) in [5.74, 6) is 1.55. The monoisotopic (exact) mass is 459 g/mol. The molecule has 0 amide bonds. The van der Waals surface area contributed by atoms with Crippen LogP contribution in [0.5, 0.6) is 0 Å². The molecular formula is C18H30IN5O. The first-order valence-corrected chi connectivity index (χ1v) is 9.08. The van der Waals surface area contributed by atoms with E-state index in [1.54, 1.807) is 0 Å². The Morgan fingerprint density at radius 2 is 2.16 bits per heavy atom. The summed E-state index contributed by atoms with van der Waals surface area (Å²) < 4.78 is 5.57. The topological polar surface area (TPSA) is 75.8 Å². The highest BCUT2D eigenvalue weighted by atomic mass is 127. The summed E-state index contributed by atoms with van der Waals surface area (Å²) >= 11 is 0. The van der Waals surface area contributed by atoms with Crippen LogP contribution < -0.4 is 16.0 Å². The van der Waals surface area contributed by atoms with Crippen molar-refractivity contribution in [2.45, 2.75) is 57.7 Å². The first kappa shape index (κ1) is 20.2. The Hall–Kier alpha value is -1.09. The molecule has 0 radical (unpaired) electrons. The van der Waals surface area contributed by atoms with Crippen molar-refractivity contribution in [2.75, 3.05) is 24.6 Å². The van der Waals surface area contributed by atoms with Crippen LogP contribution in [-0.2, 0) is 11.3 Å². The molecule has 2 heterocycles. The van der Waals surface area contributed by atoms with Crippen LogP contribution in [0.15, 0.2) is 23.3 Å². The maximum absolute atomic E-state index is 6.01. The lowest BCUT2D eigenvalue weighted by Gasteiger charge is -2.32. The van der Waals surface area contributed by atoms with E-state index in [0.717, 1.165) is 31.1 Å². The van der Waals surface area contributed by atoms with Crippen LogP contribution >= 0.6 is 24.0 Å². The van der Waals surface area contributed by atoms with Crippen LogP contribution in [0.3, 0.4) is 0 Å². The van der Waals surface area contributed by atoms with Crippen molar-refractivity contribution >= 4 is 35.8 Å². The number of rotatable bonds is 4. The molecule has 6 nitrogen and oxygen atoms in total. The zero-order chi connectivity index (χ0) is 16.8. The van der Waals surface area contributed by atoms with Crippen molar-refractivity contribution in [3.8, 4) is 0 Å². The molecule has 1 aromatic heterocycles. The minimum Gasteiger partial charge on any atom is -0.375 e. The predicted molar refractivity (Wildman–Crippen MR) is 113 cm³/mol. The van der Waals surface area contributed by atoms with Crippen molar-refractivity contribution < 1.29 is 4.74 Å². The van der Waals surface area contributed by atoms with Gasteiger partial charge in [-0.2, -0.15) is 0 Å². The third-order valence-electron chi connectivity index (χ3n) is 4.76. The fraction of sp³-hybridized carbons (Fsp3) is 0.667. The number of aromatic nitrogens is 1. The van der Waals surface area contributed by atoms with Crippen LogP contribution in [-0.4, -0.2) is 42.8 Å². The van der Waals surface area contributed by atoms with Gasteiger partial charge in [-0.1, -0.05) is 25.3 Å². The molecular weight excluding hydrogens is 429 g/mol. The number of aliphatic imine (C=N–C) groups is 1. The van der Waals surface area contributed by atoms with Crippen LogP contribution in [0.25, 0.3) is 0 Å². The molecule has 1 aromatic rings. The molecule has 7 heteroatoms. The number of pyridine rings is 1. The summed E-state index contributed by atoms with van der Waals surface area (Å²) in [4.78, 5) is 11.3. The second-order valence-corrected chi connectivity index (χ2v) is 6.83. The van der Waals surface area contributed by atoms with Gasteiger partial charge in [0.2, 0.25) is 0 Å². The highest BCUT2D eigenvalue weighted by Crippen LogP contribution is 2.17. The highest BCUT2D eigenvalue weighted by Gasteiger charge is 2.17. The highest BCUT2D eigenvalue weighted by molar-refractivity contribution is 14.0. The molecule has 140 valence electrons. The van der Waals surface area contributed by atoms with Gasteiger partial charge in [0, 0.05) is 25.3 Å². The van der Waals surface area contributed by atoms with Gasteiger partial charge in [-0.25, -0.2) is 9.98 Å². The van der Waals surface area contributed by atoms with E-state index < -0.39 is 0 Å². The quantitative estimate of drug-likeness (QED) is 0.412. The van der Waals surface area contributed by atoms with E-state index in [1.807, 2.05) is 6.20 Å². The minimum atomic E-state index is 0. The minimum absolute atomic E-state index is 0. The predicted octanol–water partition coefficient (Wildman–Crippen LogP) is 2.66. The van der Waals surface area contributed by atoms with E-state index in [-0.39, 0.29) is 30.1 Å². The summed E-state index contributed by atoms with van der Waals surface area (Å²) in [5.41, 5.74) is 7.09. The second-order valence-electron chi connectivity index (χ2n) is 6.83. The number of hydrogen-bond acceptors (Lipinski definition) is 4. The Morgan fingerprint density at radius 1 is 1.36 bits per heavy atom. The maximum Gasteiger partial charge on any atom is 0.189 e. The maximum atomic E-state index is 6.01. The number of morpholine rings is 1. The Bertz CT molecular complexity index is 545. The average molecular weight is 459 g/mol. The molecule has 1 saturated heterocycles. The van der Waals surface area contributed by atoms with Crippen molar-refractivity contribution in [1.82, 2.24) is 10.3 Å². The lowest BCUT2D eigenvalue weighted by molar-refractivity contribution is 0.0529. The number of ether oxygens (including phenoxy) is 1. The summed E-state index contributed by atoms with van der Waals surface area (Å²) in [5, 5.41) is 3.34. The molecule has 3 N–H and O–H groups in total. The van der Waals surface area contributed by atoms with Gasteiger partial charge in [-0.3, -0.25) is 0 Å². The smallest absolute Gasteiger partial charge is 0.189 e. The standard InChI is InChI=1S/C18H29N5O.HI/c1-14-13-23(9-10-24-14)17-8-7-15(11-20-17)12-21-18(19)22-16-5-3-2-4-6-16;/h7-8,11,14,16H,2-6,9-10,12-13H2,1H3,(H3,19,21,22);1H. The molecule has 0 spiro atoms. The molecule has 0 bridgehead atoms. The first-order chi connectivity index (χ1) is 11.7. The molecule has 1 saturated carbocycles. The van der Waals surface area contributed by atoms with Gasteiger partial charge < -0.3 is 20.7 Å². The molecule has 1 aliphatic heterocycles. The first-order valence-electron chi connectivity index (χ1n) is 9.08. The molecule has 25 heavy (non-hydrogen) atoms. The van der Waals surface area contributed by atoms with Crippen molar-refractivity contribution in [1.29, 1.82) is 0 Å². The van der Waals surface area contributed by atoms with E-state index >= 15 is 0 Å². The van der Waals surface area contributed by atoms with E-state index in [0.29, 0.717) is 18.5 Å². The summed E-state index contributed by atoms with van der Waals surface area (Å²) in [6, 6.07) is 4.64. The fourth-order valence-corrected chi connectivity index (χ4v) is 3.40. The van der Waals surface area contributed by atoms with Crippen LogP contribution in [0.2, 0.25) is 0 Å².